The fourth-order valence-electron chi connectivity index (χ4n) is 5.42. The molecule has 0 spiro atoms. The molecule has 1 heterocycles. The minimum Gasteiger partial charge on any atom is -0.497 e. The number of hydrogen-bond acceptors (Lipinski definition) is 7. The maximum absolute atomic E-state index is 13.1. The third-order valence-corrected chi connectivity index (χ3v) is 8.46. The Balaban J connectivity index is 1.20. The summed E-state index contributed by atoms with van der Waals surface area (Å²) in [5, 5.41) is 0. The number of ether oxygens (including phenoxy) is 2. The van der Waals surface area contributed by atoms with Crippen molar-refractivity contribution in [1.82, 2.24) is 4.90 Å². The van der Waals surface area contributed by atoms with Gasteiger partial charge in [0.15, 0.2) is 0 Å². The van der Waals surface area contributed by atoms with Crippen LogP contribution in [0.4, 0.5) is 0 Å². The van der Waals surface area contributed by atoms with Crippen molar-refractivity contribution in [2.24, 2.45) is 0 Å². The predicted molar refractivity (Wildman–Crippen MR) is 156 cm³/mol. The highest BCUT2D eigenvalue weighted by Crippen LogP contribution is 2.38. The second-order valence-electron chi connectivity index (χ2n) is 10.3. The monoisotopic (exact) mass is 563 g/mol. The van der Waals surface area contributed by atoms with Gasteiger partial charge < -0.3 is 9.47 Å². The molecule has 1 aliphatic carbocycles. The van der Waals surface area contributed by atoms with E-state index >= 15 is 0 Å². The third-order valence-electron chi connectivity index (χ3n) is 7.52. The summed E-state index contributed by atoms with van der Waals surface area (Å²) in [5.74, 6) is 1.21. The molecule has 0 bridgehead atoms. The predicted octanol–water partition coefficient (Wildman–Crippen LogP) is 5.90. The molecule has 3 aromatic rings. The van der Waals surface area contributed by atoms with Crippen molar-refractivity contribution in [2.45, 2.75) is 38.7 Å². The quantitative estimate of drug-likeness (QED) is 0.201. The summed E-state index contributed by atoms with van der Waals surface area (Å²) in [6.45, 7) is 3.87. The normalized spacial score (nSPS) is 16.0. The standard InChI is InChI=1S/C32H37NO6S/c1-36-29-10-7-9-27(22-29)31-17-14-26-8-3-4-11-30(26)32(31)24-40(34,35)39-38-23-25-12-15-28(16-13-25)37-21-20-33-18-5-2-6-19-33/h3-4,7-13,15-16,22H,2,5-6,14,17-21,23-24H2,1H3. The molecule has 212 valence electrons. The highest BCUT2D eigenvalue weighted by Gasteiger charge is 2.26. The van der Waals surface area contributed by atoms with Gasteiger partial charge in [0.25, 0.3) is 10.1 Å². The Kier molecular flexibility index (Phi) is 9.54. The fraction of sp³-hybridized carbons (Fsp3) is 0.375. The molecule has 0 aromatic heterocycles. The van der Waals surface area contributed by atoms with Crippen LogP contribution in [-0.4, -0.2) is 52.4 Å². The van der Waals surface area contributed by atoms with Crippen molar-refractivity contribution < 1.29 is 27.1 Å². The number of piperidine rings is 1. The van der Waals surface area contributed by atoms with Gasteiger partial charge in [-0.05, 0) is 96.4 Å². The van der Waals surface area contributed by atoms with Crippen molar-refractivity contribution in [2.75, 3.05) is 39.1 Å². The highest BCUT2D eigenvalue weighted by atomic mass is 32.2. The van der Waals surface area contributed by atoms with Crippen LogP contribution in [0.5, 0.6) is 11.5 Å². The minimum absolute atomic E-state index is 0.00562. The first-order valence-electron chi connectivity index (χ1n) is 13.9. The molecule has 0 radical (unpaired) electrons. The van der Waals surface area contributed by atoms with E-state index in [0.29, 0.717) is 6.61 Å². The average Bonchev–Trinajstić information content (AvgIpc) is 2.98. The van der Waals surface area contributed by atoms with Gasteiger partial charge >= 0.3 is 0 Å². The van der Waals surface area contributed by atoms with Crippen molar-refractivity contribution >= 4 is 21.3 Å². The van der Waals surface area contributed by atoms with E-state index in [9.17, 15) is 8.42 Å². The van der Waals surface area contributed by atoms with E-state index < -0.39 is 10.1 Å². The van der Waals surface area contributed by atoms with E-state index in [1.165, 1.54) is 19.3 Å². The Morgan fingerprint density at radius 2 is 1.65 bits per heavy atom. The lowest BCUT2D eigenvalue weighted by atomic mass is 9.83. The summed E-state index contributed by atoms with van der Waals surface area (Å²) in [6.07, 6.45) is 5.41. The van der Waals surface area contributed by atoms with Crippen LogP contribution >= 0.6 is 0 Å². The Hall–Kier alpha value is -3.17. The largest absolute Gasteiger partial charge is 0.497 e. The summed E-state index contributed by atoms with van der Waals surface area (Å²) in [5.41, 5.74) is 5.48. The lowest BCUT2D eigenvalue weighted by Crippen LogP contribution is -2.33. The zero-order valence-electron chi connectivity index (χ0n) is 23.0. The maximum atomic E-state index is 13.1. The summed E-state index contributed by atoms with van der Waals surface area (Å²) < 4.78 is 42.4. The molecule has 0 unspecified atom stereocenters. The molecule has 0 saturated carbocycles. The van der Waals surface area contributed by atoms with Crippen LogP contribution < -0.4 is 9.47 Å². The van der Waals surface area contributed by atoms with Crippen LogP contribution in [0.3, 0.4) is 0 Å². The molecule has 7 nitrogen and oxygen atoms in total. The summed E-state index contributed by atoms with van der Waals surface area (Å²) in [4.78, 5) is 7.65. The van der Waals surface area contributed by atoms with Crippen LogP contribution in [0, 0.1) is 0 Å². The van der Waals surface area contributed by atoms with Gasteiger partial charge in [0.2, 0.25) is 0 Å². The third kappa shape index (κ3) is 7.52. The van der Waals surface area contributed by atoms with Crippen LogP contribution in [0.15, 0.2) is 72.8 Å². The number of allylic oxidation sites excluding steroid dienone is 1. The molecule has 0 atom stereocenters. The molecule has 40 heavy (non-hydrogen) atoms. The van der Waals surface area contributed by atoms with Crippen LogP contribution in [0.2, 0.25) is 0 Å². The van der Waals surface area contributed by atoms with Gasteiger partial charge in [-0.25, -0.2) is 4.89 Å². The van der Waals surface area contributed by atoms with Gasteiger partial charge in [-0.1, -0.05) is 55.0 Å². The van der Waals surface area contributed by atoms with Gasteiger partial charge in [0, 0.05) is 6.54 Å². The van der Waals surface area contributed by atoms with Crippen LogP contribution in [0.1, 0.15) is 47.9 Å². The maximum Gasteiger partial charge on any atom is 0.297 e. The van der Waals surface area contributed by atoms with E-state index in [0.717, 1.165) is 77.4 Å². The molecule has 1 saturated heterocycles. The second-order valence-corrected chi connectivity index (χ2v) is 11.8. The first-order valence-corrected chi connectivity index (χ1v) is 15.5. The van der Waals surface area contributed by atoms with Crippen molar-refractivity contribution in [3.05, 3.63) is 95.1 Å². The lowest BCUT2D eigenvalue weighted by Gasteiger charge is -2.26. The van der Waals surface area contributed by atoms with Gasteiger partial charge in [-0.15, -0.1) is 4.33 Å². The number of rotatable bonds is 12. The average molecular weight is 564 g/mol. The number of nitrogens with zero attached hydrogens (tertiary/aromatic N) is 1. The topological polar surface area (TPSA) is 74.3 Å². The molecule has 1 fully saturated rings. The van der Waals surface area contributed by atoms with E-state index in [-0.39, 0.29) is 12.4 Å². The molecule has 8 heteroatoms. The number of likely N-dealkylation sites (tertiary alicyclic amines) is 1. The van der Waals surface area contributed by atoms with Crippen molar-refractivity contribution in [3.63, 3.8) is 0 Å². The van der Waals surface area contributed by atoms with Gasteiger partial charge in [0.05, 0.1) is 7.11 Å². The molecule has 5 rings (SSSR count). The zero-order valence-corrected chi connectivity index (χ0v) is 23.8. The molecule has 0 N–H and O–H groups in total. The van der Waals surface area contributed by atoms with Crippen molar-refractivity contribution in [1.29, 1.82) is 0 Å². The van der Waals surface area contributed by atoms with E-state index in [1.807, 2.05) is 72.8 Å². The smallest absolute Gasteiger partial charge is 0.297 e. The molecule has 1 aliphatic heterocycles. The van der Waals surface area contributed by atoms with E-state index in [4.69, 9.17) is 18.7 Å². The number of benzene rings is 3. The molecular weight excluding hydrogens is 526 g/mol. The Bertz CT molecular complexity index is 1410. The molecule has 3 aromatic carbocycles. The number of hydrogen-bond donors (Lipinski definition) is 0. The van der Waals surface area contributed by atoms with Crippen molar-refractivity contribution in [3.8, 4) is 11.5 Å². The Morgan fingerprint density at radius 1 is 0.850 bits per heavy atom. The highest BCUT2D eigenvalue weighted by molar-refractivity contribution is 7.87. The van der Waals surface area contributed by atoms with Gasteiger partial charge in [-0.3, -0.25) is 4.90 Å². The van der Waals surface area contributed by atoms with Gasteiger partial charge in [-0.2, -0.15) is 8.42 Å². The number of fused-ring (bicyclic) bond motifs is 1. The molecular formula is C32H37NO6S. The summed E-state index contributed by atoms with van der Waals surface area (Å²) in [7, 11) is -2.40. The fourth-order valence-corrected chi connectivity index (χ4v) is 6.35. The zero-order chi connectivity index (χ0) is 27.8. The Labute approximate surface area is 237 Å². The SMILES string of the molecule is COc1cccc(C2=C(CS(=O)(=O)OOCc3ccc(OCCN4CCCCC4)cc3)c3ccccc3CC2)c1. The number of aryl methyl sites for hydroxylation is 1. The van der Waals surface area contributed by atoms with Crippen LogP contribution in [0.25, 0.3) is 11.1 Å². The van der Waals surface area contributed by atoms with Crippen LogP contribution in [-0.2, 0) is 32.4 Å². The summed E-state index contributed by atoms with van der Waals surface area (Å²) >= 11 is 0. The van der Waals surface area contributed by atoms with E-state index in [2.05, 4.69) is 4.90 Å². The minimum atomic E-state index is -4.02. The molecule has 2 aliphatic rings. The first kappa shape index (κ1) is 28.4. The van der Waals surface area contributed by atoms with Gasteiger partial charge in [0.1, 0.15) is 30.5 Å². The Morgan fingerprint density at radius 3 is 2.45 bits per heavy atom. The number of methoxy groups -OCH3 is 1. The first-order chi connectivity index (χ1) is 19.5. The molecule has 0 amide bonds. The lowest BCUT2D eigenvalue weighted by molar-refractivity contribution is -0.212. The second kappa shape index (κ2) is 13.5. The van der Waals surface area contributed by atoms with E-state index in [1.54, 1.807) is 7.11 Å². The summed E-state index contributed by atoms with van der Waals surface area (Å²) in [6, 6.07) is 23.1.